The SMILES string of the molecule is CCCc1ccc(Oc2ncc(Br)cc2N)cc1. The lowest BCUT2D eigenvalue weighted by Crippen LogP contribution is -1.95. The van der Waals surface area contributed by atoms with E-state index in [1.165, 1.54) is 5.56 Å². The lowest BCUT2D eigenvalue weighted by atomic mass is 10.1. The van der Waals surface area contributed by atoms with Crippen LogP contribution in [0.4, 0.5) is 5.69 Å². The Morgan fingerprint density at radius 3 is 2.61 bits per heavy atom. The van der Waals surface area contributed by atoms with E-state index in [1.54, 1.807) is 12.3 Å². The van der Waals surface area contributed by atoms with Gasteiger partial charge in [0.15, 0.2) is 0 Å². The first-order valence-electron chi connectivity index (χ1n) is 5.87. The first-order chi connectivity index (χ1) is 8.69. The number of nitrogen functional groups attached to an aromatic ring is 1. The summed E-state index contributed by atoms with van der Waals surface area (Å²) in [5, 5.41) is 0. The minimum atomic E-state index is 0.432. The zero-order chi connectivity index (χ0) is 13.0. The van der Waals surface area contributed by atoms with Crippen LogP contribution in [0, 0.1) is 0 Å². The van der Waals surface area contributed by atoms with Crippen LogP contribution < -0.4 is 10.5 Å². The van der Waals surface area contributed by atoms with Crippen LogP contribution in [0.2, 0.25) is 0 Å². The third kappa shape index (κ3) is 3.23. The molecular weight excluding hydrogens is 292 g/mol. The van der Waals surface area contributed by atoms with Gasteiger partial charge in [-0.3, -0.25) is 0 Å². The standard InChI is InChI=1S/C14H15BrN2O/c1-2-3-10-4-6-12(7-5-10)18-14-13(16)8-11(15)9-17-14/h4-9H,2-3,16H2,1H3. The summed E-state index contributed by atoms with van der Waals surface area (Å²) in [6.07, 6.45) is 3.89. The van der Waals surface area contributed by atoms with Crippen LogP contribution in [0.25, 0.3) is 0 Å². The molecule has 2 N–H and O–H groups in total. The first-order valence-corrected chi connectivity index (χ1v) is 6.66. The van der Waals surface area contributed by atoms with Gasteiger partial charge in [-0.1, -0.05) is 25.5 Å². The molecule has 2 aromatic rings. The number of benzene rings is 1. The van der Waals surface area contributed by atoms with Crippen molar-refractivity contribution in [2.24, 2.45) is 0 Å². The quantitative estimate of drug-likeness (QED) is 0.922. The second-order valence-electron chi connectivity index (χ2n) is 4.04. The van der Waals surface area contributed by atoms with E-state index in [0.29, 0.717) is 11.6 Å². The van der Waals surface area contributed by atoms with E-state index >= 15 is 0 Å². The molecule has 18 heavy (non-hydrogen) atoms. The number of ether oxygens (including phenoxy) is 1. The fraction of sp³-hybridized carbons (Fsp3) is 0.214. The van der Waals surface area contributed by atoms with Crippen molar-refractivity contribution in [3.05, 3.63) is 46.6 Å². The molecule has 1 heterocycles. The van der Waals surface area contributed by atoms with Gasteiger partial charge in [-0.05, 0) is 46.1 Å². The number of hydrogen-bond donors (Lipinski definition) is 1. The predicted octanol–water partition coefficient (Wildman–Crippen LogP) is 4.17. The molecule has 0 saturated heterocycles. The monoisotopic (exact) mass is 306 g/mol. The number of aromatic nitrogens is 1. The van der Waals surface area contributed by atoms with Gasteiger partial charge in [0, 0.05) is 10.7 Å². The number of aryl methyl sites for hydroxylation is 1. The molecule has 0 aliphatic rings. The molecule has 0 aliphatic heterocycles. The molecular formula is C14H15BrN2O. The normalized spacial score (nSPS) is 10.3. The molecule has 0 atom stereocenters. The van der Waals surface area contributed by atoms with Crippen molar-refractivity contribution in [3.63, 3.8) is 0 Å². The van der Waals surface area contributed by atoms with E-state index < -0.39 is 0 Å². The van der Waals surface area contributed by atoms with Gasteiger partial charge in [0.2, 0.25) is 5.88 Å². The Labute approximate surface area is 115 Å². The lowest BCUT2D eigenvalue weighted by Gasteiger charge is -2.08. The van der Waals surface area contributed by atoms with Crippen molar-refractivity contribution < 1.29 is 4.74 Å². The van der Waals surface area contributed by atoms with Gasteiger partial charge >= 0.3 is 0 Å². The number of pyridine rings is 1. The molecule has 0 amide bonds. The topological polar surface area (TPSA) is 48.1 Å². The maximum atomic E-state index is 5.83. The van der Waals surface area contributed by atoms with Gasteiger partial charge in [0.1, 0.15) is 5.75 Å². The van der Waals surface area contributed by atoms with Crippen LogP contribution in [0.5, 0.6) is 11.6 Å². The molecule has 1 aromatic heterocycles. The molecule has 0 radical (unpaired) electrons. The van der Waals surface area contributed by atoms with Crippen LogP contribution >= 0.6 is 15.9 Å². The van der Waals surface area contributed by atoms with Gasteiger partial charge in [-0.15, -0.1) is 0 Å². The summed E-state index contributed by atoms with van der Waals surface area (Å²) in [6.45, 7) is 2.16. The van der Waals surface area contributed by atoms with Crippen molar-refractivity contribution in [3.8, 4) is 11.6 Å². The molecule has 0 aliphatic carbocycles. The number of halogens is 1. The Balaban J connectivity index is 2.13. The Hall–Kier alpha value is -1.55. The third-order valence-electron chi connectivity index (χ3n) is 2.52. The van der Waals surface area contributed by atoms with Crippen LogP contribution in [0.3, 0.4) is 0 Å². The summed E-state index contributed by atoms with van der Waals surface area (Å²) in [6, 6.07) is 9.78. The predicted molar refractivity (Wildman–Crippen MR) is 76.9 cm³/mol. The maximum absolute atomic E-state index is 5.83. The number of nitrogens with two attached hydrogens (primary N) is 1. The van der Waals surface area contributed by atoms with Gasteiger partial charge in [0.05, 0.1) is 5.69 Å². The summed E-state index contributed by atoms with van der Waals surface area (Å²) in [5.41, 5.74) is 7.65. The maximum Gasteiger partial charge on any atom is 0.242 e. The highest BCUT2D eigenvalue weighted by Gasteiger charge is 2.04. The Morgan fingerprint density at radius 2 is 2.00 bits per heavy atom. The summed E-state index contributed by atoms with van der Waals surface area (Å²) in [5.74, 6) is 1.18. The largest absolute Gasteiger partial charge is 0.437 e. The minimum absolute atomic E-state index is 0.432. The number of anilines is 1. The van der Waals surface area contributed by atoms with Crippen LogP contribution in [-0.4, -0.2) is 4.98 Å². The van der Waals surface area contributed by atoms with E-state index in [4.69, 9.17) is 10.5 Å². The van der Waals surface area contributed by atoms with E-state index in [2.05, 4.69) is 40.0 Å². The number of rotatable bonds is 4. The molecule has 1 aromatic carbocycles. The minimum Gasteiger partial charge on any atom is -0.437 e. The van der Waals surface area contributed by atoms with E-state index in [-0.39, 0.29) is 0 Å². The van der Waals surface area contributed by atoms with Gasteiger partial charge in [0.25, 0.3) is 0 Å². The zero-order valence-electron chi connectivity index (χ0n) is 10.2. The summed E-state index contributed by atoms with van der Waals surface area (Å²) in [4.78, 5) is 4.14. The highest BCUT2D eigenvalue weighted by Crippen LogP contribution is 2.27. The molecule has 0 unspecified atom stereocenters. The van der Waals surface area contributed by atoms with Crippen molar-refractivity contribution in [2.75, 3.05) is 5.73 Å². The molecule has 0 bridgehead atoms. The van der Waals surface area contributed by atoms with Gasteiger partial charge in [-0.25, -0.2) is 4.98 Å². The van der Waals surface area contributed by atoms with Gasteiger partial charge in [-0.2, -0.15) is 0 Å². The van der Waals surface area contributed by atoms with Crippen molar-refractivity contribution in [2.45, 2.75) is 19.8 Å². The molecule has 3 nitrogen and oxygen atoms in total. The van der Waals surface area contributed by atoms with Crippen molar-refractivity contribution in [1.29, 1.82) is 0 Å². The van der Waals surface area contributed by atoms with Crippen LogP contribution in [0.1, 0.15) is 18.9 Å². The molecule has 2 rings (SSSR count). The Bertz CT molecular complexity index is 526. The van der Waals surface area contributed by atoms with Crippen LogP contribution in [-0.2, 0) is 6.42 Å². The second-order valence-corrected chi connectivity index (χ2v) is 4.96. The number of hydrogen-bond acceptors (Lipinski definition) is 3. The van der Waals surface area contributed by atoms with E-state index in [0.717, 1.165) is 23.1 Å². The fourth-order valence-electron chi connectivity index (χ4n) is 1.65. The Morgan fingerprint density at radius 1 is 1.28 bits per heavy atom. The van der Waals surface area contributed by atoms with Gasteiger partial charge < -0.3 is 10.5 Å². The van der Waals surface area contributed by atoms with Crippen molar-refractivity contribution in [1.82, 2.24) is 4.98 Å². The summed E-state index contributed by atoms with van der Waals surface area (Å²) in [7, 11) is 0. The lowest BCUT2D eigenvalue weighted by molar-refractivity contribution is 0.465. The molecule has 0 fully saturated rings. The second kappa shape index (κ2) is 5.87. The summed E-state index contributed by atoms with van der Waals surface area (Å²) < 4.78 is 6.48. The highest BCUT2D eigenvalue weighted by molar-refractivity contribution is 9.10. The number of nitrogens with zero attached hydrogens (tertiary/aromatic N) is 1. The van der Waals surface area contributed by atoms with Crippen LogP contribution in [0.15, 0.2) is 41.0 Å². The molecule has 0 spiro atoms. The molecule has 0 saturated carbocycles. The Kier molecular flexibility index (Phi) is 4.20. The van der Waals surface area contributed by atoms with E-state index in [9.17, 15) is 0 Å². The van der Waals surface area contributed by atoms with Crippen molar-refractivity contribution >= 4 is 21.6 Å². The summed E-state index contributed by atoms with van der Waals surface area (Å²) >= 11 is 3.31. The molecule has 94 valence electrons. The average Bonchev–Trinajstić information content (AvgIpc) is 2.35. The smallest absolute Gasteiger partial charge is 0.242 e. The zero-order valence-corrected chi connectivity index (χ0v) is 11.8. The first kappa shape index (κ1) is 12.9. The molecule has 4 heteroatoms. The van der Waals surface area contributed by atoms with E-state index in [1.807, 2.05) is 12.1 Å². The highest BCUT2D eigenvalue weighted by atomic mass is 79.9. The third-order valence-corrected chi connectivity index (χ3v) is 2.96. The fourth-order valence-corrected chi connectivity index (χ4v) is 2.00. The average molecular weight is 307 g/mol.